The highest BCUT2D eigenvalue weighted by Crippen LogP contribution is 2.27. The third-order valence-corrected chi connectivity index (χ3v) is 2.73. The zero-order valence-corrected chi connectivity index (χ0v) is 10.5. The molecule has 0 saturated heterocycles. The highest BCUT2D eigenvalue weighted by Gasteiger charge is 2.25. The van der Waals surface area contributed by atoms with Crippen LogP contribution < -0.4 is 5.32 Å². The number of benzene rings is 1. The van der Waals surface area contributed by atoms with E-state index in [4.69, 9.17) is 0 Å². The van der Waals surface area contributed by atoms with Crippen LogP contribution in [-0.4, -0.2) is 5.91 Å². The second kappa shape index (κ2) is 4.31. The first-order chi connectivity index (χ1) is 6.84. The van der Waals surface area contributed by atoms with Crippen molar-refractivity contribution in [3.63, 3.8) is 0 Å². The molecule has 0 atom stereocenters. The minimum absolute atomic E-state index is 0.181. The Hall–Kier alpha value is -0.900. The van der Waals surface area contributed by atoms with Gasteiger partial charge in [-0.05, 0) is 35.8 Å². The fourth-order valence-corrected chi connectivity index (χ4v) is 1.86. The molecule has 2 nitrogen and oxygen atoms in total. The molecule has 0 heterocycles. The molecular weight excluding hydrogens is 261 g/mol. The van der Waals surface area contributed by atoms with E-state index in [1.165, 1.54) is 6.92 Å². The third kappa shape index (κ3) is 2.78. The van der Waals surface area contributed by atoms with Gasteiger partial charge in [0.1, 0.15) is 5.82 Å². The molecule has 0 aromatic heterocycles. The summed E-state index contributed by atoms with van der Waals surface area (Å²) < 4.78 is 14.2. The van der Waals surface area contributed by atoms with Gasteiger partial charge in [0.15, 0.2) is 0 Å². The SMILES string of the molecule is CC(=O)NC(C)(C)c1cccc(Br)c1F. The van der Waals surface area contributed by atoms with E-state index >= 15 is 0 Å². The van der Waals surface area contributed by atoms with Crippen molar-refractivity contribution < 1.29 is 9.18 Å². The van der Waals surface area contributed by atoms with E-state index in [2.05, 4.69) is 21.2 Å². The van der Waals surface area contributed by atoms with Crippen molar-refractivity contribution in [3.8, 4) is 0 Å². The Balaban J connectivity index is 3.14. The molecule has 1 aromatic carbocycles. The molecule has 1 aromatic rings. The van der Waals surface area contributed by atoms with Crippen LogP contribution in [0, 0.1) is 5.82 Å². The maximum atomic E-state index is 13.7. The lowest BCUT2D eigenvalue weighted by atomic mass is 9.94. The third-order valence-electron chi connectivity index (χ3n) is 2.11. The molecule has 0 radical (unpaired) electrons. The van der Waals surface area contributed by atoms with Crippen LogP contribution in [-0.2, 0) is 10.3 Å². The summed E-state index contributed by atoms with van der Waals surface area (Å²) in [6.45, 7) is 4.94. The number of amides is 1. The molecule has 1 N–H and O–H groups in total. The lowest BCUT2D eigenvalue weighted by Crippen LogP contribution is -2.40. The zero-order chi connectivity index (χ0) is 11.6. The molecule has 0 aliphatic heterocycles. The average Bonchev–Trinajstić information content (AvgIpc) is 2.07. The molecule has 15 heavy (non-hydrogen) atoms. The minimum Gasteiger partial charge on any atom is -0.347 e. The molecule has 1 rings (SSSR count). The van der Waals surface area contributed by atoms with Crippen LogP contribution in [0.15, 0.2) is 22.7 Å². The van der Waals surface area contributed by atoms with E-state index in [0.717, 1.165) is 0 Å². The number of carbonyl (C=O) groups excluding carboxylic acids is 1. The van der Waals surface area contributed by atoms with Gasteiger partial charge in [0.05, 0.1) is 10.0 Å². The normalized spacial score (nSPS) is 11.3. The van der Waals surface area contributed by atoms with E-state index < -0.39 is 5.54 Å². The first-order valence-electron chi connectivity index (χ1n) is 4.58. The molecule has 0 aliphatic rings. The van der Waals surface area contributed by atoms with Crippen molar-refractivity contribution in [2.24, 2.45) is 0 Å². The summed E-state index contributed by atoms with van der Waals surface area (Å²) in [6, 6.07) is 5.03. The number of halogens is 2. The molecule has 0 spiro atoms. The molecule has 0 aliphatic carbocycles. The summed E-state index contributed by atoms with van der Waals surface area (Å²) in [5.41, 5.74) is -0.244. The quantitative estimate of drug-likeness (QED) is 0.882. The number of carbonyl (C=O) groups is 1. The highest BCUT2D eigenvalue weighted by molar-refractivity contribution is 9.10. The van der Waals surface area contributed by atoms with Gasteiger partial charge in [-0.1, -0.05) is 12.1 Å². The number of hydrogen-bond donors (Lipinski definition) is 1. The number of rotatable bonds is 2. The van der Waals surface area contributed by atoms with Crippen molar-refractivity contribution in [3.05, 3.63) is 34.1 Å². The van der Waals surface area contributed by atoms with Gasteiger partial charge in [0.2, 0.25) is 5.91 Å². The molecule has 0 saturated carbocycles. The summed E-state index contributed by atoms with van der Waals surface area (Å²) in [4.78, 5) is 11.0. The van der Waals surface area contributed by atoms with Crippen molar-refractivity contribution in [1.82, 2.24) is 5.32 Å². The van der Waals surface area contributed by atoms with Gasteiger partial charge in [0.25, 0.3) is 0 Å². The van der Waals surface area contributed by atoms with Gasteiger partial charge in [-0.2, -0.15) is 0 Å². The highest BCUT2D eigenvalue weighted by atomic mass is 79.9. The average molecular weight is 274 g/mol. The maximum Gasteiger partial charge on any atom is 0.217 e. The molecule has 0 fully saturated rings. The second-order valence-electron chi connectivity index (χ2n) is 3.91. The molecule has 0 bridgehead atoms. The Morgan fingerprint density at radius 1 is 1.47 bits per heavy atom. The Labute approximate surface area is 97.0 Å². The standard InChI is InChI=1S/C11H13BrFNO/c1-7(15)14-11(2,3)8-5-4-6-9(12)10(8)13/h4-6H,1-3H3,(H,14,15). The monoisotopic (exact) mass is 273 g/mol. The lowest BCUT2D eigenvalue weighted by molar-refractivity contribution is -0.120. The molecular formula is C11H13BrFNO. The lowest BCUT2D eigenvalue weighted by Gasteiger charge is -2.26. The topological polar surface area (TPSA) is 29.1 Å². The summed E-state index contributed by atoms with van der Waals surface area (Å²) in [5.74, 6) is -0.518. The van der Waals surface area contributed by atoms with E-state index in [1.807, 2.05) is 0 Å². The van der Waals surface area contributed by atoms with Crippen LogP contribution in [0.3, 0.4) is 0 Å². The van der Waals surface area contributed by atoms with Crippen molar-refractivity contribution in [2.45, 2.75) is 26.3 Å². The Morgan fingerprint density at radius 3 is 2.60 bits per heavy atom. The van der Waals surface area contributed by atoms with Crippen LogP contribution in [0.5, 0.6) is 0 Å². The van der Waals surface area contributed by atoms with Crippen LogP contribution in [0.2, 0.25) is 0 Å². The smallest absolute Gasteiger partial charge is 0.217 e. The largest absolute Gasteiger partial charge is 0.347 e. The number of nitrogens with one attached hydrogen (secondary N) is 1. The first-order valence-corrected chi connectivity index (χ1v) is 5.37. The maximum absolute atomic E-state index is 13.7. The van der Waals surface area contributed by atoms with Gasteiger partial charge in [-0.3, -0.25) is 4.79 Å². The van der Waals surface area contributed by atoms with Crippen LogP contribution in [0.4, 0.5) is 4.39 Å². The zero-order valence-electron chi connectivity index (χ0n) is 8.90. The van der Waals surface area contributed by atoms with Crippen molar-refractivity contribution in [2.75, 3.05) is 0 Å². The molecule has 82 valence electrons. The van der Waals surface area contributed by atoms with Gasteiger partial charge < -0.3 is 5.32 Å². The van der Waals surface area contributed by atoms with Crippen molar-refractivity contribution >= 4 is 21.8 Å². The predicted molar refractivity (Wildman–Crippen MR) is 60.9 cm³/mol. The van der Waals surface area contributed by atoms with E-state index in [1.54, 1.807) is 32.0 Å². The van der Waals surface area contributed by atoms with E-state index in [-0.39, 0.29) is 11.7 Å². The number of hydrogen-bond acceptors (Lipinski definition) is 1. The van der Waals surface area contributed by atoms with Gasteiger partial charge in [-0.15, -0.1) is 0 Å². The van der Waals surface area contributed by atoms with Crippen molar-refractivity contribution in [1.29, 1.82) is 0 Å². The van der Waals surface area contributed by atoms with Crippen LogP contribution in [0.1, 0.15) is 26.3 Å². The van der Waals surface area contributed by atoms with Gasteiger partial charge in [-0.25, -0.2) is 4.39 Å². The minimum atomic E-state index is -0.709. The summed E-state index contributed by atoms with van der Waals surface area (Å²) >= 11 is 3.12. The van der Waals surface area contributed by atoms with Crippen LogP contribution in [0.25, 0.3) is 0 Å². The Morgan fingerprint density at radius 2 is 2.07 bits per heavy atom. The van der Waals surface area contributed by atoms with E-state index in [9.17, 15) is 9.18 Å². The molecule has 1 amide bonds. The Bertz CT molecular complexity index is 390. The summed E-state index contributed by atoms with van der Waals surface area (Å²) in [6.07, 6.45) is 0. The Kier molecular flexibility index (Phi) is 3.50. The molecule has 4 heteroatoms. The second-order valence-corrected chi connectivity index (χ2v) is 4.76. The first kappa shape index (κ1) is 12.2. The van der Waals surface area contributed by atoms with Crippen LogP contribution >= 0.6 is 15.9 Å². The van der Waals surface area contributed by atoms with E-state index in [0.29, 0.717) is 10.0 Å². The fourth-order valence-electron chi connectivity index (χ4n) is 1.49. The molecule has 0 unspecified atom stereocenters. The van der Waals surface area contributed by atoms with Gasteiger partial charge in [0, 0.05) is 12.5 Å². The fraction of sp³-hybridized carbons (Fsp3) is 0.364. The van der Waals surface area contributed by atoms with Gasteiger partial charge >= 0.3 is 0 Å². The summed E-state index contributed by atoms with van der Waals surface area (Å²) in [7, 11) is 0. The summed E-state index contributed by atoms with van der Waals surface area (Å²) in [5, 5.41) is 2.70. The predicted octanol–water partition coefficient (Wildman–Crippen LogP) is 2.96.